The summed E-state index contributed by atoms with van der Waals surface area (Å²) in [5.74, 6) is -1.24. The Morgan fingerprint density at radius 3 is 2.22 bits per heavy atom. The van der Waals surface area contributed by atoms with Crippen LogP contribution in [-0.4, -0.2) is 18.4 Å². The summed E-state index contributed by atoms with van der Waals surface area (Å²) in [7, 11) is 0. The molecule has 4 heteroatoms. The van der Waals surface area contributed by atoms with E-state index in [9.17, 15) is 14.0 Å². The summed E-state index contributed by atoms with van der Waals surface area (Å²) >= 11 is 0. The highest BCUT2D eigenvalue weighted by Crippen LogP contribution is 2.10. The Morgan fingerprint density at radius 1 is 1.17 bits per heavy atom. The normalized spacial score (nSPS) is 10.4. The van der Waals surface area contributed by atoms with E-state index in [0.717, 1.165) is 0 Å². The summed E-state index contributed by atoms with van der Waals surface area (Å²) in [6.07, 6.45) is 1.39. The van der Waals surface area contributed by atoms with Gasteiger partial charge in [-0.3, -0.25) is 9.59 Å². The first-order chi connectivity index (χ1) is 8.58. The number of Topliss-reactive ketones (excluding diaryl/α,β-unsaturated/α-hetero) is 1. The Labute approximate surface area is 106 Å². The number of rotatable bonds is 6. The summed E-state index contributed by atoms with van der Waals surface area (Å²) in [6.45, 7) is 3.51. The molecule has 0 bridgehead atoms. The Morgan fingerprint density at radius 2 is 1.72 bits per heavy atom. The zero-order valence-corrected chi connectivity index (χ0v) is 10.6. The first-order valence-corrected chi connectivity index (χ1v) is 6.03. The maximum atomic E-state index is 12.7. The van der Waals surface area contributed by atoms with Gasteiger partial charge in [-0.1, -0.05) is 13.8 Å². The van der Waals surface area contributed by atoms with Gasteiger partial charge in [-0.15, -0.1) is 0 Å². The van der Waals surface area contributed by atoms with Gasteiger partial charge in [0.05, 0.1) is 5.92 Å². The van der Waals surface area contributed by atoms with Crippen molar-refractivity contribution in [1.29, 1.82) is 0 Å². The van der Waals surface area contributed by atoms with E-state index in [1.807, 2.05) is 13.8 Å². The Hall–Kier alpha value is -1.71. The minimum atomic E-state index is -0.402. The molecule has 1 rings (SSSR count). The van der Waals surface area contributed by atoms with Crippen molar-refractivity contribution in [2.75, 3.05) is 6.61 Å². The lowest BCUT2D eigenvalue weighted by Gasteiger charge is -2.11. The third-order valence-corrected chi connectivity index (χ3v) is 2.83. The summed E-state index contributed by atoms with van der Waals surface area (Å²) in [5, 5.41) is 0. The van der Waals surface area contributed by atoms with Crippen molar-refractivity contribution in [3.05, 3.63) is 35.6 Å². The number of carbonyl (C=O) groups is 2. The molecule has 1 aromatic carbocycles. The number of halogens is 1. The first kappa shape index (κ1) is 14.4. The van der Waals surface area contributed by atoms with Gasteiger partial charge in [0, 0.05) is 5.56 Å². The average Bonchev–Trinajstić information content (AvgIpc) is 2.38. The fourth-order valence-electron chi connectivity index (χ4n) is 1.60. The second-order valence-electron chi connectivity index (χ2n) is 4.05. The van der Waals surface area contributed by atoms with Crippen LogP contribution >= 0.6 is 0 Å². The molecule has 0 unspecified atom stereocenters. The fraction of sp³-hybridized carbons (Fsp3) is 0.429. The lowest BCUT2D eigenvalue weighted by Crippen LogP contribution is -2.20. The number of ether oxygens (including phenoxy) is 1. The molecule has 0 saturated carbocycles. The van der Waals surface area contributed by atoms with Crippen LogP contribution in [0.3, 0.4) is 0 Å². The van der Waals surface area contributed by atoms with E-state index in [2.05, 4.69) is 0 Å². The Bertz CT molecular complexity index is 408. The minimum Gasteiger partial charge on any atom is -0.457 e. The van der Waals surface area contributed by atoms with Gasteiger partial charge in [0.15, 0.2) is 12.4 Å². The molecule has 98 valence electrons. The van der Waals surface area contributed by atoms with Gasteiger partial charge < -0.3 is 4.74 Å². The number of benzene rings is 1. The van der Waals surface area contributed by atoms with Crippen LogP contribution in [0, 0.1) is 11.7 Å². The molecule has 0 saturated heterocycles. The molecule has 0 heterocycles. The molecule has 0 fully saturated rings. The SMILES string of the molecule is CCC(CC)C(=O)OCC(=O)c1ccc(F)cc1. The Kier molecular flexibility index (Phi) is 5.49. The van der Waals surface area contributed by atoms with E-state index in [1.54, 1.807) is 0 Å². The van der Waals surface area contributed by atoms with E-state index in [-0.39, 0.29) is 24.3 Å². The van der Waals surface area contributed by atoms with Crippen molar-refractivity contribution in [2.24, 2.45) is 5.92 Å². The van der Waals surface area contributed by atoms with Crippen molar-refractivity contribution in [3.8, 4) is 0 Å². The highest BCUT2D eigenvalue weighted by Gasteiger charge is 2.17. The van der Waals surface area contributed by atoms with Crippen LogP contribution in [0.15, 0.2) is 24.3 Å². The Balaban J connectivity index is 2.51. The molecule has 0 atom stereocenters. The molecular weight excluding hydrogens is 235 g/mol. The monoisotopic (exact) mass is 252 g/mol. The molecule has 0 aromatic heterocycles. The summed E-state index contributed by atoms with van der Waals surface area (Å²) in [5.41, 5.74) is 0.341. The zero-order chi connectivity index (χ0) is 13.5. The van der Waals surface area contributed by atoms with E-state index >= 15 is 0 Å². The molecule has 0 aliphatic carbocycles. The number of carbonyl (C=O) groups excluding carboxylic acids is 2. The van der Waals surface area contributed by atoms with Gasteiger partial charge in [-0.2, -0.15) is 0 Å². The van der Waals surface area contributed by atoms with Gasteiger partial charge in [-0.25, -0.2) is 4.39 Å². The van der Waals surface area contributed by atoms with Crippen molar-refractivity contribution < 1.29 is 18.7 Å². The highest BCUT2D eigenvalue weighted by molar-refractivity contribution is 5.97. The number of hydrogen-bond donors (Lipinski definition) is 0. The van der Waals surface area contributed by atoms with E-state index in [4.69, 9.17) is 4.74 Å². The molecule has 0 aliphatic heterocycles. The summed E-state index contributed by atoms with van der Waals surface area (Å²) < 4.78 is 17.6. The molecule has 0 N–H and O–H groups in total. The van der Waals surface area contributed by atoms with E-state index < -0.39 is 5.82 Å². The molecule has 0 amide bonds. The largest absolute Gasteiger partial charge is 0.457 e. The van der Waals surface area contributed by atoms with E-state index in [0.29, 0.717) is 18.4 Å². The molecule has 18 heavy (non-hydrogen) atoms. The molecule has 1 aromatic rings. The van der Waals surface area contributed by atoms with Crippen molar-refractivity contribution >= 4 is 11.8 Å². The second kappa shape index (κ2) is 6.89. The molecule has 0 aliphatic rings. The van der Waals surface area contributed by atoms with Crippen LogP contribution in [0.4, 0.5) is 4.39 Å². The minimum absolute atomic E-state index is 0.161. The van der Waals surface area contributed by atoms with Crippen LogP contribution in [-0.2, 0) is 9.53 Å². The van der Waals surface area contributed by atoms with Gasteiger partial charge in [0.1, 0.15) is 5.82 Å². The van der Waals surface area contributed by atoms with Crippen molar-refractivity contribution in [1.82, 2.24) is 0 Å². The summed E-state index contributed by atoms with van der Waals surface area (Å²) in [6, 6.07) is 5.16. The van der Waals surface area contributed by atoms with Crippen molar-refractivity contribution in [3.63, 3.8) is 0 Å². The van der Waals surface area contributed by atoms with Gasteiger partial charge >= 0.3 is 5.97 Å². The third kappa shape index (κ3) is 3.95. The molecule has 3 nitrogen and oxygen atoms in total. The zero-order valence-electron chi connectivity index (χ0n) is 10.6. The molecule has 0 spiro atoms. The number of hydrogen-bond acceptors (Lipinski definition) is 3. The number of esters is 1. The fourth-order valence-corrected chi connectivity index (χ4v) is 1.60. The van der Waals surface area contributed by atoms with Gasteiger partial charge in [-0.05, 0) is 37.1 Å². The van der Waals surface area contributed by atoms with Crippen LogP contribution in [0.5, 0.6) is 0 Å². The van der Waals surface area contributed by atoms with Crippen LogP contribution in [0.25, 0.3) is 0 Å². The van der Waals surface area contributed by atoms with Crippen molar-refractivity contribution in [2.45, 2.75) is 26.7 Å². The smallest absolute Gasteiger partial charge is 0.309 e. The predicted octanol–water partition coefficient (Wildman–Crippen LogP) is 2.99. The number of ketones is 1. The maximum absolute atomic E-state index is 12.7. The lowest BCUT2D eigenvalue weighted by atomic mass is 10.0. The first-order valence-electron chi connectivity index (χ1n) is 6.03. The van der Waals surface area contributed by atoms with E-state index in [1.165, 1.54) is 24.3 Å². The topological polar surface area (TPSA) is 43.4 Å². The maximum Gasteiger partial charge on any atom is 0.309 e. The highest BCUT2D eigenvalue weighted by atomic mass is 19.1. The second-order valence-corrected chi connectivity index (χ2v) is 4.05. The van der Waals surface area contributed by atoms with Crippen LogP contribution < -0.4 is 0 Å². The van der Waals surface area contributed by atoms with Crippen LogP contribution in [0.1, 0.15) is 37.0 Å². The van der Waals surface area contributed by atoms with Crippen LogP contribution in [0.2, 0.25) is 0 Å². The lowest BCUT2D eigenvalue weighted by molar-refractivity contribution is -0.147. The third-order valence-electron chi connectivity index (χ3n) is 2.83. The molecule has 0 radical (unpaired) electrons. The van der Waals surface area contributed by atoms with Gasteiger partial charge in [0.2, 0.25) is 0 Å². The van der Waals surface area contributed by atoms with Gasteiger partial charge in [0.25, 0.3) is 0 Å². The predicted molar refractivity (Wildman–Crippen MR) is 65.8 cm³/mol. The molecular formula is C14H17FO3. The average molecular weight is 252 g/mol. The quantitative estimate of drug-likeness (QED) is 0.577. The summed E-state index contributed by atoms with van der Waals surface area (Å²) in [4.78, 5) is 23.2. The standard InChI is InChI=1S/C14H17FO3/c1-3-10(4-2)14(17)18-9-13(16)11-5-7-12(15)8-6-11/h5-8,10H,3-4,9H2,1-2H3.